The van der Waals surface area contributed by atoms with Gasteiger partial charge in [-0.05, 0) is 93.0 Å². The molecule has 2 aromatic heterocycles. The maximum absolute atomic E-state index is 5.18. The molecular weight excluding hydrogens is 715 g/mol. The second kappa shape index (κ2) is 14.6. The van der Waals surface area contributed by atoms with Gasteiger partial charge in [0.15, 0.2) is 0 Å². The second-order valence-corrected chi connectivity index (χ2v) is 14.9. The molecule has 9 aromatic carbocycles. The third-order valence-corrected chi connectivity index (χ3v) is 11.4. The van der Waals surface area contributed by atoms with Crippen LogP contribution in [0, 0.1) is 0 Å². The molecule has 59 heavy (non-hydrogen) atoms. The number of benzene rings is 9. The molecule has 0 spiro atoms. The van der Waals surface area contributed by atoms with E-state index in [1.54, 1.807) is 0 Å². The van der Waals surface area contributed by atoms with E-state index in [0.29, 0.717) is 0 Å². The van der Waals surface area contributed by atoms with Crippen LogP contribution < -0.4 is 0 Å². The van der Waals surface area contributed by atoms with Gasteiger partial charge in [0, 0.05) is 27.6 Å². The summed E-state index contributed by atoms with van der Waals surface area (Å²) in [7, 11) is 0. The van der Waals surface area contributed by atoms with Crippen LogP contribution in [0.5, 0.6) is 0 Å². The van der Waals surface area contributed by atoms with Crippen molar-refractivity contribution in [3.63, 3.8) is 0 Å². The average Bonchev–Trinajstić information content (AvgIpc) is 3.65. The van der Waals surface area contributed by atoms with Crippen LogP contribution in [-0.2, 0) is 0 Å². The van der Waals surface area contributed by atoms with Gasteiger partial charge in [-0.3, -0.25) is 0 Å². The molecule has 0 saturated heterocycles. The predicted octanol–water partition coefficient (Wildman–Crippen LogP) is 14.7. The molecule has 0 unspecified atom stereocenters. The normalized spacial score (nSPS) is 11.4. The van der Waals surface area contributed by atoms with E-state index >= 15 is 0 Å². The van der Waals surface area contributed by atoms with Crippen LogP contribution in [0.25, 0.3) is 106 Å². The van der Waals surface area contributed by atoms with E-state index < -0.39 is 0 Å². The van der Waals surface area contributed by atoms with Crippen molar-refractivity contribution in [3.05, 3.63) is 224 Å². The Labute approximate surface area is 343 Å². The first-order valence-corrected chi connectivity index (χ1v) is 20.1. The van der Waals surface area contributed by atoms with E-state index in [4.69, 9.17) is 9.97 Å². The van der Waals surface area contributed by atoms with Gasteiger partial charge in [0.1, 0.15) is 0 Å². The number of nitrogens with zero attached hydrogens (tertiary/aromatic N) is 3. The summed E-state index contributed by atoms with van der Waals surface area (Å²) in [5.74, 6) is 0. The van der Waals surface area contributed by atoms with Crippen LogP contribution in [0.2, 0.25) is 0 Å². The number of aromatic nitrogens is 3. The van der Waals surface area contributed by atoms with E-state index in [-0.39, 0.29) is 0 Å². The lowest BCUT2D eigenvalue weighted by atomic mass is 9.92. The molecule has 0 radical (unpaired) electrons. The Morgan fingerprint density at radius 1 is 0.271 bits per heavy atom. The van der Waals surface area contributed by atoms with E-state index in [0.717, 1.165) is 50.3 Å². The molecule has 11 rings (SSSR count). The Balaban J connectivity index is 1.10. The molecule has 11 aromatic rings. The predicted molar refractivity (Wildman–Crippen MR) is 246 cm³/mol. The number of fused-ring (bicyclic) bond motifs is 4. The third kappa shape index (κ3) is 6.17. The highest BCUT2D eigenvalue weighted by atomic mass is 15.0. The molecule has 0 aliphatic rings. The summed E-state index contributed by atoms with van der Waals surface area (Å²) in [6.45, 7) is 0. The van der Waals surface area contributed by atoms with Crippen LogP contribution in [0.3, 0.4) is 0 Å². The molecule has 0 amide bonds. The van der Waals surface area contributed by atoms with E-state index in [2.05, 4.69) is 199 Å². The van der Waals surface area contributed by atoms with Crippen molar-refractivity contribution in [1.29, 1.82) is 0 Å². The Morgan fingerprint density at radius 3 is 1.05 bits per heavy atom. The first-order chi connectivity index (χ1) is 29.3. The van der Waals surface area contributed by atoms with Crippen LogP contribution in [-0.4, -0.2) is 14.5 Å². The van der Waals surface area contributed by atoms with Crippen molar-refractivity contribution in [1.82, 2.24) is 14.5 Å². The number of hydrogen-bond acceptors (Lipinski definition) is 2. The molecular formula is C56H37N3. The lowest BCUT2D eigenvalue weighted by Gasteiger charge is -2.13. The molecule has 3 nitrogen and oxygen atoms in total. The zero-order valence-electron chi connectivity index (χ0n) is 32.2. The second-order valence-electron chi connectivity index (χ2n) is 14.9. The van der Waals surface area contributed by atoms with Crippen molar-refractivity contribution < 1.29 is 0 Å². The first-order valence-electron chi connectivity index (χ1n) is 20.1. The minimum absolute atomic E-state index is 0.868. The molecule has 0 aliphatic carbocycles. The standard InChI is InChI=1S/C56H37N3/c1-4-16-38(17-5-1)45-22-10-12-24-47(45)42-30-34-53-49(36-42)50-37-43(48-25-13-11-23-46(48)39-18-6-2-7-19-39)31-35-54(50)59(53)44-32-28-41(29-33-44)56-55(40-20-8-3-9-21-40)57-51-26-14-15-27-52(51)58-56/h1-37H. The Morgan fingerprint density at radius 2 is 0.610 bits per heavy atom. The molecule has 0 fully saturated rings. The first kappa shape index (κ1) is 34.4. The SMILES string of the molecule is c1ccc(-c2ccccc2-c2ccc3c(c2)c2cc(-c4ccccc4-c4ccccc4)ccc2n3-c2ccc(-c3nc4ccccc4nc3-c3ccccc3)cc2)cc1. The van der Waals surface area contributed by atoms with Gasteiger partial charge in [0.25, 0.3) is 0 Å². The molecule has 0 atom stereocenters. The fraction of sp³-hybridized carbons (Fsp3) is 0. The highest BCUT2D eigenvalue weighted by molar-refractivity contribution is 6.12. The summed E-state index contributed by atoms with van der Waals surface area (Å²) < 4.78 is 2.40. The van der Waals surface area contributed by atoms with Gasteiger partial charge in [0.05, 0.1) is 33.5 Å². The van der Waals surface area contributed by atoms with E-state index in [9.17, 15) is 0 Å². The van der Waals surface area contributed by atoms with Crippen LogP contribution >= 0.6 is 0 Å². The van der Waals surface area contributed by atoms with E-state index in [1.165, 1.54) is 55.3 Å². The maximum Gasteiger partial charge on any atom is 0.0973 e. The monoisotopic (exact) mass is 751 g/mol. The molecule has 276 valence electrons. The van der Waals surface area contributed by atoms with Crippen molar-refractivity contribution in [2.75, 3.05) is 0 Å². The highest BCUT2D eigenvalue weighted by Gasteiger charge is 2.18. The van der Waals surface area contributed by atoms with Crippen molar-refractivity contribution in [2.24, 2.45) is 0 Å². The zero-order valence-corrected chi connectivity index (χ0v) is 32.2. The Bertz CT molecular complexity index is 3150. The van der Waals surface area contributed by atoms with Gasteiger partial charge in [-0.25, -0.2) is 9.97 Å². The summed E-state index contributed by atoms with van der Waals surface area (Å²) in [6, 6.07) is 80.0. The molecule has 0 saturated carbocycles. The maximum atomic E-state index is 5.18. The summed E-state index contributed by atoms with van der Waals surface area (Å²) in [6.07, 6.45) is 0. The van der Waals surface area contributed by atoms with Gasteiger partial charge in [-0.15, -0.1) is 0 Å². The number of hydrogen-bond donors (Lipinski definition) is 0. The minimum Gasteiger partial charge on any atom is -0.309 e. The summed E-state index contributed by atoms with van der Waals surface area (Å²) >= 11 is 0. The average molecular weight is 752 g/mol. The summed E-state index contributed by atoms with van der Waals surface area (Å²) in [5, 5.41) is 2.41. The topological polar surface area (TPSA) is 30.7 Å². The minimum atomic E-state index is 0.868. The van der Waals surface area contributed by atoms with Crippen molar-refractivity contribution in [3.8, 4) is 72.7 Å². The van der Waals surface area contributed by atoms with Gasteiger partial charge >= 0.3 is 0 Å². The molecule has 0 bridgehead atoms. The highest BCUT2D eigenvalue weighted by Crippen LogP contribution is 2.41. The van der Waals surface area contributed by atoms with Crippen LogP contribution in [0.4, 0.5) is 0 Å². The van der Waals surface area contributed by atoms with Crippen LogP contribution in [0.15, 0.2) is 224 Å². The van der Waals surface area contributed by atoms with E-state index in [1.807, 2.05) is 30.3 Å². The molecule has 3 heteroatoms. The van der Waals surface area contributed by atoms with Crippen molar-refractivity contribution >= 4 is 32.8 Å². The lowest BCUT2D eigenvalue weighted by Crippen LogP contribution is -1.97. The fourth-order valence-corrected chi connectivity index (χ4v) is 8.61. The molecule has 0 aliphatic heterocycles. The largest absolute Gasteiger partial charge is 0.309 e. The zero-order chi connectivity index (χ0) is 39.1. The van der Waals surface area contributed by atoms with Gasteiger partial charge in [0.2, 0.25) is 0 Å². The Hall–Kier alpha value is -7.88. The van der Waals surface area contributed by atoms with Crippen molar-refractivity contribution in [2.45, 2.75) is 0 Å². The molecule has 2 heterocycles. The smallest absolute Gasteiger partial charge is 0.0973 e. The summed E-state index contributed by atoms with van der Waals surface area (Å²) in [4.78, 5) is 10.3. The van der Waals surface area contributed by atoms with Gasteiger partial charge in [-0.1, -0.05) is 176 Å². The number of rotatable bonds is 7. The molecule has 0 N–H and O–H groups in total. The quantitative estimate of drug-likeness (QED) is 0.162. The lowest BCUT2D eigenvalue weighted by molar-refractivity contribution is 1.18. The van der Waals surface area contributed by atoms with Gasteiger partial charge < -0.3 is 4.57 Å². The number of para-hydroxylation sites is 2. The summed E-state index contributed by atoms with van der Waals surface area (Å²) in [5.41, 5.74) is 18.6. The fourth-order valence-electron chi connectivity index (χ4n) is 8.61. The van der Waals surface area contributed by atoms with Gasteiger partial charge in [-0.2, -0.15) is 0 Å². The Kier molecular flexibility index (Phi) is 8.49. The van der Waals surface area contributed by atoms with Crippen LogP contribution in [0.1, 0.15) is 0 Å². The third-order valence-electron chi connectivity index (χ3n) is 11.4.